The number of rotatable bonds is 1. The van der Waals surface area contributed by atoms with Crippen LogP contribution < -0.4 is 5.32 Å². The van der Waals surface area contributed by atoms with Crippen LogP contribution in [-0.2, 0) is 0 Å². The zero-order chi connectivity index (χ0) is 13.1. The van der Waals surface area contributed by atoms with Gasteiger partial charge in [-0.25, -0.2) is 4.79 Å². The number of hydrogen-bond donors (Lipinski definition) is 1. The molecule has 1 atom stereocenters. The van der Waals surface area contributed by atoms with Crippen LogP contribution in [-0.4, -0.2) is 23.5 Å². The van der Waals surface area contributed by atoms with Crippen molar-refractivity contribution in [3.05, 3.63) is 28.2 Å². The molecule has 1 saturated heterocycles. The second-order valence-electron chi connectivity index (χ2n) is 4.60. The van der Waals surface area contributed by atoms with Crippen molar-refractivity contribution in [3.63, 3.8) is 0 Å². The number of likely N-dealkylation sites (tertiary alicyclic amines) is 1. The molecule has 0 aliphatic carbocycles. The van der Waals surface area contributed by atoms with E-state index in [-0.39, 0.29) is 6.03 Å². The van der Waals surface area contributed by atoms with Crippen LogP contribution >= 0.6 is 23.2 Å². The van der Waals surface area contributed by atoms with Crippen molar-refractivity contribution >= 4 is 34.9 Å². The summed E-state index contributed by atoms with van der Waals surface area (Å²) in [5.74, 6) is 0. The minimum absolute atomic E-state index is 0.0689. The molecule has 1 fully saturated rings. The van der Waals surface area contributed by atoms with Crippen LogP contribution in [0, 0.1) is 0 Å². The fourth-order valence-corrected chi connectivity index (χ4v) is 2.47. The minimum Gasteiger partial charge on any atom is -0.322 e. The Morgan fingerprint density at radius 1 is 1.33 bits per heavy atom. The molecule has 0 aromatic heterocycles. The summed E-state index contributed by atoms with van der Waals surface area (Å²) in [6, 6.07) is 5.32. The molecule has 0 bridgehead atoms. The predicted molar refractivity (Wildman–Crippen MR) is 75.5 cm³/mol. The molecule has 1 aliphatic rings. The van der Waals surface area contributed by atoms with Gasteiger partial charge in [0.2, 0.25) is 0 Å². The molecule has 0 spiro atoms. The third-order valence-electron chi connectivity index (χ3n) is 3.23. The number of halogens is 2. The van der Waals surface area contributed by atoms with Gasteiger partial charge in [0.1, 0.15) is 0 Å². The summed E-state index contributed by atoms with van der Waals surface area (Å²) in [5, 5.41) is 3.79. The van der Waals surface area contributed by atoms with E-state index in [4.69, 9.17) is 23.2 Å². The minimum atomic E-state index is -0.0689. The van der Waals surface area contributed by atoms with Crippen molar-refractivity contribution in [2.24, 2.45) is 0 Å². The smallest absolute Gasteiger partial charge is 0.322 e. The first-order valence-electron chi connectivity index (χ1n) is 6.10. The van der Waals surface area contributed by atoms with Gasteiger partial charge >= 0.3 is 6.03 Å². The van der Waals surface area contributed by atoms with Crippen LogP contribution in [0.15, 0.2) is 18.2 Å². The van der Waals surface area contributed by atoms with Crippen molar-refractivity contribution in [3.8, 4) is 0 Å². The van der Waals surface area contributed by atoms with Crippen molar-refractivity contribution in [2.75, 3.05) is 11.9 Å². The maximum absolute atomic E-state index is 12.1. The summed E-state index contributed by atoms with van der Waals surface area (Å²) in [5.41, 5.74) is 0.673. The SMILES string of the molecule is C[C@@H]1CCCCN1C(=O)Nc1ccc(Cl)c(Cl)c1. The number of nitrogens with zero attached hydrogens (tertiary/aromatic N) is 1. The fourth-order valence-electron chi connectivity index (χ4n) is 2.17. The van der Waals surface area contributed by atoms with E-state index >= 15 is 0 Å². The number of nitrogens with one attached hydrogen (secondary N) is 1. The van der Waals surface area contributed by atoms with Gasteiger partial charge in [-0.05, 0) is 44.4 Å². The van der Waals surface area contributed by atoms with Crippen LogP contribution in [0.1, 0.15) is 26.2 Å². The van der Waals surface area contributed by atoms with E-state index in [9.17, 15) is 4.79 Å². The molecule has 2 rings (SSSR count). The standard InChI is InChI=1S/C13H16Cl2N2O/c1-9-4-2-3-7-17(9)13(18)16-10-5-6-11(14)12(15)8-10/h5-6,8-9H,2-4,7H2,1H3,(H,16,18)/t9-/m1/s1. The van der Waals surface area contributed by atoms with E-state index in [0.29, 0.717) is 21.8 Å². The Morgan fingerprint density at radius 2 is 2.11 bits per heavy atom. The maximum atomic E-state index is 12.1. The second kappa shape index (κ2) is 5.81. The quantitative estimate of drug-likeness (QED) is 0.815. The van der Waals surface area contributed by atoms with Gasteiger partial charge in [0.25, 0.3) is 0 Å². The first-order valence-corrected chi connectivity index (χ1v) is 6.86. The highest BCUT2D eigenvalue weighted by Crippen LogP contribution is 2.25. The molecule has 1 aromatic carbocycles. The van der Waals surface area contributed by atoms with Crippen LogP contribution in [0.25, 0.3) is 0 Å². The maximum Gasteiger partial charge on any atom is 0.322 e. The molecule has 2 amide bonds. The predicted octanol–water partition coefficient (Wildman–Crippen LogP) is 4.40. The van der Waals surface area contributed by atoms with Crippen LogP contribution in [0.5, 0.6) is 0 Å². The summed E-state index contributed by atoms with van der Waals surface area (Å²) in [7, 11) is 0. The van der Waals surface area contributed by atoms with Gasteiger partial charge in [0.15, 0.2) is 0 Å². The summed E-state index contributed by atoms with van der Waals surface area (Å²) in [6.45, 7) is 2.89. The Morgan fingerprint density at radius 3 is 2.78 bits per heavy atom. The van der Waals surface area contributed by atoms with Gasteiger partial charge in [-0.1, -0.05) is 23.2 Å². The third-order valence-corrected chi connectivity index (χ3v) is 3.97. The molecule has 1 aromatic rings. The normalized spacial score (nSPS) is 19.7. The first kappa shape index (κ1) is 13.5. The molecule has 98 valence electrons. The zero-order valence-electron chi connectivity index (χ0n) is 10.2. The van der Waals surface area contributed by atoms with Gasteiger partial charge in [-0.15, -0.1) is 0 Å². The van der Waals surface area contributed by atoms with Crippen molar-refractivity contribution in [1.82, 2.24) is 4.90 Å². The fraction of sp³-hybridized carbons (Fsp3) is 0.462. The Balaban J connectivity index is 2.04. The van der Waals surface area contributed by atoms with Crippen molar-refractivity contribution < 1.29 is 4.79 Å². The van der Waals surface area contributed by atoms with E-state index in [1.807, 2.05) is 4.90 Å². The Kier molecular flexibility index (Phi) is 4.36. The van der Waals surface area contributed by atoms with Crippen LogP contribution in [0.4, 0.5) is 10.5 Å². The summed E-state index contributed by atoms with van der Waals surface area (Å²) < 4.78 is 0. The molecule has 1 aliphatic heterocycles. The molecule has 0 radical (unpaired) electrons. The molecule has 5 heteroatoms. The topological polar surface area (TPSA) is 32.3 Å². The summed E-state index contributed by atoms with van der Waals surface area (Å²) in [6.07, 6.45) is 3.33. The molecule has 18 heavy (non-hydrogen) atoms. The lowest BCUT2D eigenvalue weighted by atomic mass is 10.0. The number of anilines is 1. The molecular formula is C13H16Cl2N2O. The number of amides is 2. The van der Waals surface area contributed by atoms with Gasteiger partial charge < -0.3 is 10.2 Å². The second-order valence-corrected chi connectivity index (χ2v) is 5.41. The highest BCUT2D eigenvalue weighted by molar-refractivity contribution is 6.42. The lowest BCUT2D eigenvalue weighted by Gasteiger charge is -2.33. The van der Waals surface area contributed by atoms with E-state index in [0.717, 1.165) is 19.4 Å². The molecule has 1 N–H and O–H groups in total. The van der Waals surface area contributed by atoms with Gasteiger partial charge in [-0.2, -0.15) is 0 Å². The number of carbonyl (C=O) groups excluding carboxylic acids is 1. The Hall–Kier alpha value is -0.930. The first-order chi connectivity index (χ1) is 8.58. The van der Waals surface area contributed by atoms with Gasteiger partial charge in [-0.3, -0.25) is 0 Å². The lowest BCUT2D eigenvalue weighted by Crippen LogP contribution is -2.44. The van der Waals surface area contributed by atoms with Crippen LogP contribution in [0.2, 0.25) is 10.0 Å². The summed E-state index contributed by atoms with van der Waals surface area (Å²) >= 11 is 11.7. The van der Waals surface area contributed by atoms with Crippen molar-refractivity contribution in [1.29, 1.82) is 0 Å². The largest absolute Gasteiger partial charge is 0.322 e. The van der Waals surface area contributed by atoms with E-state index in [2.05, 4.69) is 12.2 Å². The van der Waals surface area contributed by atoms with Crippen molar-refractivity contribution in [2.45, 2.75) is 32.2 Å². The Labute approximate surface area is 117 Å². The van der Waals surface area contributed by atoms with E-state index in [1.54, 1.807) is 18.2 Å². The van der Waals surface area contributed by atoms with Crippen LogP contribution in [0.3, 0.4) is 0 Å². The average Bonchev–Trinajstić information content (AvgIpc) is 2.34. The summed E-state index contributed by atoms with van der Waals surface area (Å²) in [4.78, 5) is 14.0. The number of carbonyl (C=O) groups is 1. The van der Waals surface area contributed by atoms with E-state index < -0.39 is 0 Å². The molecular weight excluding hydrogens is 271 g/mol. The lowest BCUT2D eigenvalue weighted by molar-refractivity contribution is 0.170. The molecule has 3 nitrogen and oxygen atoms in total. The number of hydrogen-bond acceptors (Lipinski definition) is 1. The Bertz CT molecular complexity index is 451. The highest BCUT2D eigenvalue weighted by atomic mass is 35.5. The molecule has 1 heterocycles. The highest BCUT2D eigenvalue weighted by Gasteiger charge is 2.23. The molecule has 0 saturated carbocycles. The van der Waals surface area contributed by atoms with Gasteiger partial charge in [0, 0.05) is 18.3 Å². The molecule has 0 unspecified atom stereocenters. The number of piperidine rings is 1. The zero-order valence-corrected chi connectivity index (χ0v) is 11.8. The third kappa shape index (κ3) is 3.09. The van der Waals surface area contributed by atoms with Gasteiger partial charge in [0.05, 0.1) is 10.0 Å². The number of benzene rings is 1. The monoisotopic (exact) mass is 286 g/mol. The van der Waals surface area contributed by atoms with E-state index in [1.165, 1.54) is 6.42 Å². The number of urea groups is 1. The average molecular weight is 287 g/mol.